The van der Waals surface area contributed by atoms with Gasteiger partial charge >= 0.3 is 0 Å². The molecule has 1 aromatic carbocycles. The molecule has 0 unspecified atom stereocenters. The van der Waals surface area contributed by atoms with Gasteiger partial charge in [-0.25, -0.2) is 0 Å². The van der Waals surface area contributed by atoms with E-state index in [2.05, 4.69) is 5.32 Å². The maximum absolute atomic E-state index is 12.3. The van der Waals surface area contributed by atoms with Gasteiger partial charge in [-0.05, 0) is 49.8 Å². The van der Waals surface area contributed by atoms with Crippen LogP contribution in [-0.4, -0.2) is 35.3 Å². The Bertz CT molecular complexity index is 585. The Morgan fingerprint density at radius 1 is 1.04 bits per heavy atom. The molecule has 0 atom stereocenters. The first-order valence-electron chi connectivity index (χ1n) is 9.04. The van der Waals surface area contributed by atoms with Gasteiger partial charge < -0.3 is 16.0 Å². The smallest absolute Gasteiger partial charge is 0.244 e. The van der Waals surface area contributed by atoms with Crippen molar-refractivity contribution in [1.82, 2.24) is 4.90 Å². The molecule has 2 fully saturated rings. The molecule has 24 heavy (non-hydrogen) atoms. The van der Waals surface area contributed by atoms with Crippen LogP contribution in [0, 0.1) is 0 Å². The van der Waals surface area contributed by atoms with Crippen LogP contribution in [-0.2, 0) is 16.0 Å². The minimum atomic E-state index is -0.708. The molecular formula is C19H27N3O2. The molecule has 1 saturated carbocycles. The summed E-state index contributed by atoms with van der Waals surface area (Å²) >= 11 is 0. The van der Waals surface area contributed by atoms with Gasteiger partial charge in [0.1, 0.15) is 0 Å². The summed E-state index contributed by atoms with van der Waals surface area (Å²) < 4.78 is 0. The monoisotopic (exact) mass is 329 g/mol. The Morgan fingerprint density at radius 3 is 2.29 bits per heavy atom. The van der Waals surface area contributed by atoms with E-state index in [4.69, 9.17) is 5.73 Å². The highest BCUT2D eigenvalue weighted by molar-refractivity contribution is 5.98. The van der Waals surface area contributed by atoms with Gasteiger partial charge in [0.05, 0.1) is 5.54 Å². The number of carbonyl (C=O) groups excluding carboxylic acids is 2. The zero-order valence-corrected chi connectivity index (χ0v) is 14.2. The number of hydrogen-bond acceptors (Lipinski definition) is 3. The van der Waals surface area contributed by atoms with E-state index >= 15 is 0 Å². The van der Waals surface area contributed by atoms with E-state index in [0.29, 0.717) is 6.42 Å². The van der Waals surface area contributed by atoms with Crippen molar-refractivity contribution in [2.24, 2.45) is 5.73 Å². The van der Waals surface area contributed by atoms with Crippen LogP contribution in [0.25, 0.3) is 0 Å². The van der Waals surface area contributed by atoms with Gasteiger partial charge in [-0.1, -0.05) is 25.0 Å². The second-order valence-corrected chi connectivity index (χ2v) is 7.10. The highest BCUT2D eigenvalue weighted by atomic mass is 16.2. The molecule has 1 aliphatic carbocycles. The molecule has 0 radical (unpaired) electrons. The van der Waals surface area contributed by atoms with Crippen molar-refractivity contribution in [2.45, 2.75) is 56.9 Å². The predicted octanol–water partition coefficient (Wildman–Crippen LogP) is 2.45. The molecule has 0 aromatic heterocycles. The van der Waals surface area contributed by atoms with Gasteiger partial charge in [0.25, 0.3) is 0 Å². The quantitative estimate of drug-likeness (QED) is 0.871. The molecule has 3 N–H and O–H groups in total. The average Bonchev–Trinajstić information content (AvgIpc) is 3.26. The van der Waals surface area contributed by atoms with E-state index in [0.717, 1.165) is 69.3 Å². The van der Waals surface area contributed by atoms with Gasteiger partial charge in [0, 0.05) is 25.2 Å². The topological polar surface area (TPSA) is 75.4 Å². The third kappa shape index (κ3) is 3.96. The number of anilines is 1. The van der Waals surface area contributed by atoms with E-state index in [9.17, 15) is 9.59 Å². The van der Waals surface area contributed by atoms with E-state index in [1.165, 1.54) is 0 Å². The standard InChI is InChI=1S/C19H27N3O2/c20-19(11-1-2-12-19)18(24)21-16-8-5-15(6-9-16)7-10-17(23)22-13-3-4-14-22/h5-6,8-9H,1-4,7,10-14,20H2,(H,21,24). The van der Waals surface area contributed by atoms with Gasteiger partial charge in [-0.2, -0.15) is 0 Å². The van der Waals surface area contributed by atoms with Gasteiger partial charge in [0.15, 0.2) is 0 Å². The Balaban J connectivity index is 1.49. The molecule has 2 aliphatic rings. The highest BCUT2D eigenvalue weighted by Crippen LogP contribution is 2.28. The van der Waals surface area contributed by atoms with E-state index in [1.807, 2.05) is 29.2 Å². The lowest BCUT2D eigenvalue weighted by Gasteiger charge is -2.22. The molecule has 1 saturated heterocycles. The van der Waals surface area contributed by atoms with Crippen LogP contribution in [0.1, 0.15) is 50.5 Å². The summed E-state index contributed by atoms with van der Waals surface area (Å²) in [6.07, 6.45) is 7.11. The Morgan fingerprint density at radius 2 is 1.67 bits per heavy atom. The number of benzene rings is 1. The molecule has 5 heteroatoms. The molecule has 1 heterocycles. The second-order valence-electron chi connectivity index (χ2n) is 7.10. The van der Waals surface area contributed by atoms with Crippen molar-refractivity contribution in [1.29, 1.82) is 0 Å². The first-order valence-corrected chi connectivity index (χ1v) is 9.04. The number of nitrogens with zero attached hydrogens (tertiary/aromatic N) is 1. The molecule has 3 rings (SSSR count). The normalized spacial score (nSPS) is 19.5. The molecule has 5 nitrogen and oxygen atoms in total. The first-order chi connectivity index (χ1) is 11.6. The van der Waals surface area contributed by atoms with Crippen molar-refractivity contribution in [3.8, 4) is 0 Å². The predicted molar refractivity (Wildman–Crippen MR) is 94.6 cm³/mol. The molecular weight excluding hydrogens is 302 g/mol. The maximum atomic E-state index is 12.3. The molecule has 130 valence electrons. The Hall–Kier alpha value is -1.88. The van der Waals surface area contributed by atoms with Crippen LogP contribution in [0.5, 0.6) is 0 Å². The molecule has 0 spiro atoms. The average molecular weight is 329 g/mol. The lowest BCUT2D eigenvalue weighted by molar-refractivity contribution is -0.130. The number of likely N-dealkylation sites (tertiary alicyclic amines) is 1. The maximum Gasteiger partial charge on any atom is 0.244 e. The van der Waals surface area contributed by atoms with Crippen molar-refractivity contribution < 1.29 is 9.59 Å². The number of hydrogen-bond donors (Lipinski definition) is 2. The highest BCUT2D eigenvalue weighted by Gasteiger charge is 2.36. The van der Waals surface area contributed by atoms with Gasteiger partial charge in [-0.3, -0.25) is 9.59 Å². The van der Waals surface area contributed by atoms with Crippen molar-refractivity contribution in [2.75, 3.05) is 18.4 Å². The van der Waals surface area contributed by atoms with Gasteiger partial charge in [-0.15, -0.1) is 0 Å². The zero-order chi connectivity index (χ0) is 17.0. The summed E-state index contributed by atoms with van der Waals surface area (Å²) in [6.45, 7) is 1.81. The third-order valence-electron chi connectivity index (χ3n) is 5.25. The van der Waals surface area contributed by atoms with Crippen LogP contribution in [0.2, 0.25) is 0 Å². The summed E-state index contributed by atoms with van der Waals surface area (Å²) in [5, 5.41) is 2.92. The largest absolute Gasteiger partial charge is 0.343 e. The lowest BCUT2D eigenvalue weighted by Crippen LogP contribution is -2.48. The van der Waals surface area contributed by atoms with E-state index < -0.39 is 5.54 Å². The fraction of sp³-hybridized carbons (Fsp3) is 0.579. The summed E-state index contributed by atoms with van der Waals surface area (Å²) in [4.78, 5) is 26.3. The summed E-state index contributed by atoms with van der Waals surface area (Å²) in [7, 11) is 0. The number of nitrogens with one attached hydrogen (secondary N) is 1. The number of nitrogens with two attached hydrogens (primary N) is 1. The van der Waals surface area contributed by atoms with Gasteiger partial charge in [0.2, 0.25) is 11.8 Å². The van der Waals surface area contributed by atoms with Crippen molar-refractivity contribution >= 4 is 17.5 Å². The van der Waals surface area contributed by atoms with E-state index in [-0.39, 0.29) is 11.8 Å². The number of amides is 2. The molecule has 1 aromatic rings. The molecule has 0 bridgehead atoms. The van der Waals surface area contributed by atoms with Crippen molar-refractivity contribution in [3.63, 3.8) is 0 Å². The zero-order valence-electron chi connectivity index (χ0n) is 14.2. The molecule has 2 amide bonds. The van der Waals surface area contributed by atoms with Crippen molar-refractivity contribution in [3.05, 3.63) is 29.8 Å². The SMILES string of the molecule is NC1(C(=O)Nc2ccc(CCC(=O)N3CCCC3)cc2)CCCC1. The minimum absolute atomic E-state index is 0.0861. The first kappa shape index (κ1) is 17.0. The second kappa shape index (κ2) is 7.34. The fourth-order valence-corrected chi connectivity index (χ4v) is 3.62. The summed E-state index contributed by atoms with van der Waals surface area (Å²) in [5.74, 6) is 0.160. The lowest BCUT2D eigenvalue weighted by atomic mass is 9.98. The molecule has 1 aliphatic heterocycles. The summed E-state index contributed by atoms with van der Waals surface area (Å²) in [5.41, 5.74) is 7.34. The number of aryl methyl sites for hydroxylation is 1. The minimum Gasteiger partial charge on any atom is -0.343 e. The van der Waals surface area contributed by atoms with Crippen LogP contribution >= 0.6 is 0 Å². The van der Waals surface area contributed by atoms with Crippen LogP contribution in [0.4, 0.5) is 5.69 Å². The van der Waals surface area contributed by atoms with Crippen LogP contribution in [0.3, 0.4) is 0 Å². The third-order valence-corrected chi connectivity index (χ3v) is 5.25. The van der Waals surface area contributed by atoms with E-state index in [1.54, 1.807) is 0 Å². The summed E-state index contributed by atoms with van der Waals surface area (Å²) in [6, 6.07) is 7.74. The Labute approximate surface area is 143 Å². The van der Waals surface area contributed by atoms with Crippen LogP contribution in [0.15, 0.2) is 24.3 Å². The number of rotatable bonds is 5. The fourth-order valence-electron chi connectivity index (χ4n) is 3.62. The van der Waals surface area contributed by atoms with Crippen LogP contribution < -0.4 is 11.1 Å². The Kier molecular flexibility index (Phi) is 5.19. The number of carbonyl (C=O) groups is 2.